The van der Waals surface area contributed by atoms with Crippen LogP contribution in [0.1, 0.15) is 53.0 Å². The van der Waals surface area contributed by atoms with Crippen LogP contribution in [0.5, 0.6) is 0 Å². The molecule has 11 nitrogen and oxygen atoms in total. The molecule has 2 fully saturated rings. The molecule has 0 bridgehead atoms. The zero-order chi connectivity index (χ0) is 34.4. The number of nitrogens with one attached hydrogen (secondary N) is 2. The van der Waals surface area contributed by atoms with E-state index in [0.29, 0.717) is 26.1 Å². The first-order chi connectivity index (χ1) is 22.9. The zero-order valence-electron chi connectivity index (χ0n) is 28.5. The molecule has 48 heavy (non-hydrogen) atoms. The van der Waals surface area contributed by atoms with Crippen molar-refractivity contribution in [1.82, 2.24) is 14.6 Å². The summed E-state index contributed by atoms with van der Waals surface area (Å²) in [5.74, 6) is -1.14. The largest absolute Gasteiger partial charge is 0.462 e. The molecule has 3 aromatic rings. The first-order valence-electron chi connectivity index (χ1n) is 17.0. The van der Waals surface area contributed by atoms with Gasteiger partial charge < -0.3 is 30.0 Å². The van der Waals surface area contributed by atoms with Crippen LogP contribution < -0.4 is 10.6 Å². The van der Waals surface area contributed by atoms with Gasteiger partial charge in [-0.2, -0.15) is 4.31 Å². The first kappa shape index (κ1) is 36.6. The summed E-state index contributed by atoms with van der Waals surface area (Å²) in [7, 11) is -3.99. The molecule has 2 aromatic carbocycles. The molecule has 0 spiro atoms. The molecule has 2 aliphatic heterocycles. The number of anilines is 1. The number of likely N-dealkylation sites (N-methyl/N-ethyl adjacent to an activating group) is 1. The van der Waals surface area contributed by atoms with E-state index in [2.05, 4.69) is 15.6 Å². The lowest BCUT2D eigenvalue weighted by molar-refractivity contribution is -0.196. The Hall–Kier alpha value is -2.65. The number of sulfonamides is 1. The smallest absolute Gasteiger partial charge is 0.306 e. The van der Waals surface area contributed by atoms with Crippen LogP contribution in [0.25, 0.3) is 10.2 Å². The number of thiazole rings is 1. The number of hydrogen-bond donors (Lipinski definition) is 3. The second-order valence-corrected chi connectivity index (χ2v) is 16.5. The number of fused-ring (bicyclic) bond motifs is 2. The molecule has 3 heterocycles. The van der Waals surface area contributed by atoms with Crippen LogP contribution in [0, 0.1) is 17.8 Å². The highest BCUT2D eigenvalue weighted by Crippen LogP contribution is 2.34. The highest BCUT2D eigenvalue weighted by atomic mass is 32.2. The molecule has 3 N–H and O–H groups in total. The zero-order valence-corrected chi connectivity index (χ0v) is 30.1. The minimum atomic E-state index is -3.99. The Morgan fingerprint density at radius 2 is 1.90 bits per heavy atom. The summed E-state index contributed by atoms with van der Waals surface area (Å²) in [6.45, 7) is 11.7. The number of ether oxygens (including phenoxy) is 3. The molecule has 0 unspecified atom stereocenters. The minimum absolute atomic E-state index is 0.00161. The Morgan fingerprint density at radius 3 is 2.60 bits per heavy atom. The summed E-state index contributed by atoms with van der Waals surface area (Å²) < 4.78 is 48.1. The van der Waals surface area contributed by atoms with Gasteiger partial charge in [-0.1, -0.05) is 62.4 Å². The monoisotopic (exact) mass is 702 g/mol. The quantitative estimate of drug-likeness (QED) is 0.181. The van der Waals surface area contributed by atoms with E-state index in [4.69, 9.17) is 14.2 Å². The van der Waals surface area contributed by atoms with Crippen LogP contribution in [-0.2, 0) is 35.4 Å². The summed E-state index contributed by atoms with van der Waals surface area (Å²) in [5.41, 5.74) is 1.66. The van der Waals surface area contributed by atoms with E-state index in [0.717, 1.165) is 27.5 Å². The van der Waals surface area contributed by atoms with Crippen molar-refractivity contribution in [2.24, 2.45) is 17.8 Å². The number of aliphatic hydroxyl groups is 1. The first-order valence-corrected chi connectivity index (χ1v) is 19.3. The summed E-state index contributed by atoms with van der Waals surface area (Å²) in [6.07, 6.45) is -1.06. The maximum absolute atomic E-state index is 14.1. The van der Waals surface area contributed by atoms with Crippen molar-refractivity contribution in [2.75, 3.05) is 38.2 Å². The SMILES string of the molecule is CCN[C@H]1CO[C@@H]2OCC[C@H](OC(=O)C[C@@H](Cc3ccccc3)[C@H](O)CN(CC(C)C)S(=O)(=O)c3ccc4nc(NC(C)C)sc4c3)[C@@H]21. The molecular formula is C35H50N4O7S2. The van der Waals surface area contributed by atoms with Crippen molar-refractivity contribution < 1.29 is 32.5 Å². The fraction of sp³-hybridized carbons (Fsp3) is 0.600. The predicted octanol–water partition coefficient (Wildman–Crippen LogP) is 4.66. The topological polar surface area (TPSA) is 139 Å². The number of aromatic nitrogens is 1. The summed E-state index contributed by atoms with van der Waals surface area (Å²) in [5, 5.41) is 19.2. The van der Waals surface area contributed by atoms with Gasteiger partial charge in [0.1, 0.15) is 6.10 Å². The van der Waals surface area contributed by atoms with Crippen molar-refractivity contribution in [3.63, 3.8) is 0 Å². The Balaban J connectivity index is 1.35. The van der Waals surface area contributed by atoms with Gasteiger partial charge in [-0.15, -0.1) is 0 Å². The Labute approximate surface area is 288 Å². The molecule has 6 atom stereocenters. The van der Waals surface area contributed by atoms with Crippen molar-refractivity contribution in [3.05, 3.63) is 54.1 Å². The van der Waals surface area contributed by atoms with Gasteiger partial charge in [0.2, 0.25) is 10.0 Å². The number of carbonyl (C=O) groups is 1. The van der Waals surface area contributed by atoms with Crippen LogP contribution in [0.4, 0.5) is 5.13 Å². The van der Waals surface area contributed by atoms with Gasteiger partial charge in [0, 0.05) is 37.5 Å². The molecule has 5 rings (SSSR count). The molecule has 2 aliphatic rings. The summed E-state index contributed by atoms with van der Waals surface area (Å²) in [6, 6.07) is 14.8. The number of benzene rings is 2. The average Bonchev–Trinajstić information content (AvgIpc) is 3.64. The maximum Gasteiger partial charge on any atom is 0.306 e. The lowest BCUT2D eigenvalue weighted by atomic mass is 9.89. The molecule has 2 saturated heterocycles. The highest BCUT2D eigenvalue weighted by molar-refractivity contribution is 7.89. The second-order valence-electron chi connectivity index (χ2n) is 13.5. The van der Waals surface area contributed by atoms with Crippen LogP contribution in [-0.4, -0.2) is 92.2 Å². The molecule has 264 valence electrons. The third-order valence-corrected chi connectivity index (χ3v) is 11.5. The number of rotatable bonds is 16. The van der Waals surface area contributed by atoms with Crippen molar-refractivity contribution in [1.29, 1.82) is 0 Å². The number of aliphatic hydroxyl groups excluding tert-OH is 1. The third kappa shape index (κ3) is 9.12. The molecule has 0 aliphatic carbocycles. The molecule has 0 radical (unpaired) electrons. The van der Waals surface area contributed by atoms with Crippen LogP contribution in [0.3, 0.4) is 0 Å². The van der Waals surface area contributed by atoms with E-state index in [1.165, 1.54) is 15.6 Å². The van der Waals surface area contributed by atoms with Gasteiger partial charge in [0.05, 0.1) is 46.8 Å². The molecule has 1 aromatic heterocycles. The van der Waals surface area contributed by atoms with Crippen molar-refractivity contribution in [2.45, 2.75) is 89.4 Å². The normalized spacial score (nSPS) is 22.7. The molecular weight excluding hydrogens is 653 g/mol. The lowest BCUT2D eigenvalue weighted by Gasteiger charge is -2.35. The number of nitrogens with zero attached hydrogens (tertiary/aromatic N) is 2. The molecule has 0 amide bonds. The second kappa shape index (κ2) is 16.4. The average molecular weight is 703 g/mol. The van der Waals surface area contributed by atoms with Gasteiger partial charge >= 0.3 is 5.97 Å². The van der Waals surface area contributed by atoms with Gasteiger partial charge in [0.15, 0.2) is 11.4 Å². The van der Waals surface area contributed by atoms with E-state index >= 15 is 0 Å². The fourth-order valence-electron chi connectivity index (χ4n) is 6.54. The number of carbonyl (C=O) groups excluding carboxylic acids is 1. The van der Waals surface area contributed by atoms with Crippen LogP contribution in [0.15, 0.2) is 53.4 Å². The highest BCUT2D eigenvalue weighted by Gasteiger charge is 2.47. The Kier molecular flexibility index (Phi) is 12.5. The lowest BCUT2D eigenvalue weighted by Crippen LogP contribution is -2.49. The standard InChI is InChI=1S/C35H50N4O7S2/c1-6-36-28-21-45-34-33(28)30(14-15-44-34)46-32(41)17-25(16-24-10-8-7-9-11-24)29(40)20-39(19-22(2)3)48(42,43)26-12-13-27-31(18-26)47-35(38-27)37-23(4)5/h7-13,18,22-23,25,28-30,33-34,36,40H,6,14-17,19-21H2,1-5H3,(H,37,38)/t25-,28+,29-,30+,33+,34+/m1/s1. The third-order valence-electron chi connectivity index (χ3n) is 8.76. The Morgan fingerprint density at radius 1 is 1.12 bits per heavy atom. The fourth-order valence-corrected chi connectivity index (χ4v) is 9.32. The number of hydrogen-bond acceptors (Lipinski definition) is 11. The van der Waals surface area contributed by atoms with E-state index in [1.807, 2.05) is 65.0 Å². The van der Waals surface area contributed by atoms with E-state index in [1.54, 1.807) is 18.2 Å². The van der Waals surface area contributed by atoms with E-state index in [-0.39, 0.29) is 54.4 Å². The Bertz CT molecular complexity index is 1600. The van der Waals surface area contributed by atoms with Crippen LogP contribution in [0.2, 0.25) is 0 Å². The predicted molar refractivity (Wildman–Crippen MR) is 187 cm³/mol. The van der Waals surface area contributed by atoms with Crippen molar-refractivity contribution >= 4 is 42.7 Å². The van der Waals surface area contributed by atoms with E-state index in [9.17, 15) is 18.3 Å². The molecule has 0 saturated carbocycles. The van der Waals surface area contributed by atoms with Gasteiger partial charge in [0.25, 0.3) is 0 Å². The summed E-state index contributed by atoms with van der Waals surface area (Å²) >= 11 is 1.41. The van der Waals surface area contributed by atoms with E-state index < -0.39 is 34.3 Å². The summed E-state index contributed by atoms with van der Waals surface area (Å²) in [4.78, 5) is 18.3. The maximum atomic E-state index is 14.1. The molecule has 13 heteroatoms. The van der Waals surface area contributed by atoms with Gasteiger partial charge in [-0.25, -0.2) is 13.4 Å². The van der Waals surface area contributed by atoms with Gasteiger partial charge in [-0.3, -0.25) is 4.79 Å². The van der Waals surface area contributed by atoms with Crippen molar-refractivity contribution in [3.8, 4) is 0 Å². The van der Waals surface area contributed by atoms with Crippen LogP contribution >= 0.6 is 11.3 Å². The minimum Gasteiger partial charge on any atom is -0.462 e. The van der Waals surface area contributed by atoms with Gasteiger partial charge in [-0.05, 0) is 56.5 Å². The number of esters is 1.